The smallest absolute Gasteiger partial charge is 0.404 e. The summed E-state index contributed by atoms with van der Waals surface area (Å²) in [5.41, 5.74) is 2.22. The first-order valence-electron chi connectivity index (χ1n) is 6.12. The summed E-state index contributed by atoms with van der Waals surface area (Å²) in [5.74, 6) is 0.0500. The number of furan rings is 1. The molecular formula is C13H10ClN3O4. The Bertz CT molecular complexity index is 741. The van der Waals surface area contributed by atoms with Gasteiger partial charge in [-0.3, -0.25) is 14.9 Å². The molecule has 108 valence electrons. The van der Waals surface area contributed by atoms with Gasteiger partial charge in [-0.2, -0.15) is 0 Å². The van der Waals surface area contributed by atoms with Gasteiger partial charge in [-0.1, -0.05) is 11.6 Å². The van der Waals surface area contributed by atoms with Crippen LogP contribution in [0.5, 0.6) is 0 Å². The van der Waals surface area contributed by atoms with Gasteiger partial charge in [0.25, 0.3) is 0 Å². The number of carbonyl (C=O) groups excluding carboxylic acids is 1. The Morgan fingerprint density at radius 2 is 2.24 bits per heavy atom. The van der Waals surface area contributed by atoms with Gasteiger partial charge in [0.05, 0.1) is 29.7 Å². The largest absolute Gasteiger partial charge is 0.433 e. The third-order valence-electron chi connectivity index (χ3n) is 3.10. The lowest BCUT2D eigenvalue weighted by molar-refractivity contribution is -0.402. The van der Waals surface area contributed by atoms with Crippen molar-refractivity contribution in [1.82, 2.24) is 0 Å². The van der Waals surface area contributed by atoms with Crippen molar-refractivity contribution in [3.63, 3.8) is 0 Å². The van der Waals surface area contributed by atoms with E-state index in [4.69, 9.17) is 16.0 Å². The standard InChI is InChI=1S/C13H10ClN3O4/c14-9-5-10-7(4-12(18)16-10)3-11(9)15-6-8-1-2-13(21-8)17(19)20/h1-3,5,15H,4,6H2,(H,16,18). The maximum atomic E-state index is 11.3. The Morgan fingerprint density at radius 1 is 1.43 bits per heavy atom. The number of anilines is 2. The van der Waals surface area contributed by atoms with Gasteiger partial charge in [0.1, 0.15) is 10.7 Å². The van der Waals surface area contributed by atoms with Crippen molar-refractivity contribution >= 4 is 34.8 Å². The molecule has 2 N–H and O–H groups in total. The Morgan fingerprint density at radius 3 is 2.95 bits per heavy atom. The number of rotatable bonds is 4. The number of nitrogens with zero attached hydrogens (tertiary/aromatic N) is 1. The number of nitrogens with one attached hydrogen (secondary N) is 2. The van der Waals surface area contributed by atoms with E-state index in [2.05, 4.69) is 10.6 Å². The molecule has 3 rings (SSSR count). The summed E-state index contributed by atoms with van der Waals surface area (Å²) in [7, 11) is 0. The van der Waals surface area contributed by atoms with Crippen LogP contribution in [-0.4, -0.2) is 10.8 Å². The molecule has 2 heterocycles. The quantitative estimate of drug-likeness (QED) is 0.668. The number of halogens is 1. The molecular weight excluding hydrogens is 298 g/mol. The molecule has 21 heavy (non-hydrogen) atoms. The van der Waals surface area contributed by atoms with E-state index in [1.165, 1.54) is 12.1 Å². The fraction of sp³-hybridized carbons (Fsp3) is 0.154. The van der Waals surface area contributed by atoms with Gasteiger partial charge in [-0.05, 0) is 23.8 Å². The highest BCUT2D eigenvalue weighted by atomic mass is 35.5. The maximum Gasteiger partial charge on any atom is 0.433 e. The van der Waals surface area contributed by atoms with Crippen molar-refractivity contribution in [3.8, 4) is 0 Å². The number of hydrogen-bond donors (Lipinski definition) is 2. The first-order valence-corrected chi connectivity index (χ1v) is 6.50. The average Bonchev–Trinajstić information content (AvgIpc) is 3.01. The summed E-state index contributed by atoms with van der Waals surface area (Å²) in [6.45, 7) is 0.258. The summed E-state index contributed by atoms with van der Waals surface area (Å²) in [6.07, 6.45) is 0.313. The highest BCUT2D eigenvalue weighted by Crippen LogP contribution is 2.33. The van der Waals surface area contributed by atoms with Gasteiger partial charge in [-0.15, -0.1) is 0 Å². The number of nitro groups is 1. The van der Waals surface area contributed by atoms with E-state index >= 15 is 0 Å². The monoisotopic (exact) mass is 307 g/mol. The Kier molecular flexibility index (Phi) is 3.26. The third kappa shape index (κ3) is 2.68. The van der Waals surface area contributed by atoms with Gasteiger partial charge < -0.3 is 15.1 Å². The summed E-state index contributed by atoms with van der Waals surface area (Å²) in [5, 5.41) is 16.7. The second kappa shape index (κ2) is 5.10. The van der Waals surface area contributed by atoms with Crippen LogP contribution in [0, 0.1) is 10.1 Å². The van der Waals surface area contributed by atoms with Crippen molar-refractivity contribution in [3.05, 3.63) is 50.7 Å². The molecule has 8 heteroatoms. The Hall–Kier alpha value is -2.54. The topological polar surface area (TPSA) is 97.4 Å². The van der Waals surface area contributed by atoms with Crippen molar-refractivity contribution in [2.45, 2.75) is 13.0 Å². The van der Waals surface area contributed by atoms with Crippen LogP contribution in [0.4, 0.5) is 17.3 Å². The van der Waals surface area contributed by atoms with Crippen molar-refractivity contribution in [2.24, 2.45) is 0 Å². The van der Waals surface area contributed by atoms with Crippen molar-refractivity contribution in [1.29, 1.82) is 0 Å². The molecule has 0 bridgehead atoms. The van der Waals surface area contributed by atoms with E-state index in [0.29, 0.717) is 28.6 Å². The molecule has 1 amide bonds. The molecule has 0 aliphatic carbocycles. The molecule has 1 aliphatic heterocycles. The molecule has 1 aromatic heterocycles. The van der Waals surface area contributed by atoms with Crippen LogP contribution < -0.4 is 10.6 Å². The molecule has 1 aliphatic rings. The lowest BCUT2D eigenvalue weighted by Gasteiger charge is -2.09. The van der Waals surface area contributed by atoms with E-state index < -0.39 is 4.92 Å². The van der Waals surface area contributed by atoms with Crippen molar-refractivity contribution < 1.29 is 14.1 Å². The molecule has 0 saturated carbocycles. The molecule has 0 spiro atoms. The first-order chi connectivity index (χ1) is 10.0. The fourth-order valence-electron chi connectivity index (χ4n) is 2.13. The average molecular weight is 308 g/mol. The zero-order chi connectivity index (χ0) is 15.0. The summed E-state index contributed by atoms with van der Waals surface area (Å²) < 4.78 is 5.05. The maximum absolute atomic E-state index is 11.3. The highest BCUT2D eigenvalue weighted by Gasteiger charge is 2.19. The molecule has 7 nitrogen and oxygen atoms in total. The van der Waals surface area contributed by atoms with Crippen LogP contribution in [0.2, 0.25) is 5.02 Å². The Labute approximate surface area is 124 Å². The SMILES string of the molecule is O=C1Cc2cc(NCc3ccc([N+](=O)[O-])o3)c(Cl)cc2N1. The second-order valence-electron chi connectivity index (χ2n) is 4.56. The number of amides is 1. The van der Waals surface area contributed by atoms with E-state index in [-0.39, 0.29) is 18.3 Å². The fourth-order valence-corrected chi connectivity index (χ4v) is 2.36. The third-order valence-corrected chi connectivity index (χ3v) is 3.41. The predicted molar refractivity (Wildman–Crippen MR) is 76.5 cm³/mol. The minimum Gasteiger partial charge on any atom is -0.404 e. The van der Waals surface area contributed by atoms with E-state index in [0.717, 1.165) is 5.56 Å². The number of carbonyl (C=O) groups is 1. The summed E-state index contributed by atoms with van der Waals surface area (Å²) >= 11 is 6.12. The van der Waals surface area contributed by atoms with Crippen LogP contribution in [0.25, 0.3) is 0 Å². The van der Waals surface area contributed by atoms with Gasteiger partial charge in [0, 0.05) is 5.69 Å². The van der Waals surface area contributed by atoms with Crippen LogP contribution in [0.15, 0.2) is 28.7 Å². The number of benzene rings is 1. The van der Waals surface area contributed by atoms with Gasteiger partial charge in [-0.25, -0.2) is 0 Å². The number of hydrogen-bond acceptors (Lipinski definition) is 5. The van der Waals surface area contributed by atoms with E-state index in [9.17, 15) is 14.9 Å². The van der Waals surface area contributed by atoms with Crippen LogP contribution >= 0.6 is 11.6 Å². The van der Waals surface area contributed by atoms with Crippen LogP contribution in [-0.2, 0) is 17.8 Å². The predicted octanol–water partition coefficient (Wildman–Crippen LogP) is 2.95. The lowest BCUT2D eigenvalue weighted by atomic mass is 10.1. The molecule has 0 radical (unpaired) electrons. The van der Waals surface area contributed by atoms with Crippen LogP contribution in [0.3, 0.4) is 0 Å². The normalized spacial score (nSPS) is 12.9. The van der Waals surface area contributed by atoms with Gasteiger partial charge in [0.15, 0.2) is 0 Å². The van der Waals surface area contributed by atoms with Gasteiger partial charge in [0.2, 0.25) is 5.91 Å². The molecule has 1 aromatic carbocycles. The minimum absolute atomic E-state index is 0.0696. The summed E-state index contributed by atoms with van der Waals surface area (Å²) in [6, 6.07) is 6.28. The lowest BCUT2D eigenvalue weighted by Crippen LogP contribution is -2.03. The molecule has 0 saturated heterocycles. The minimum atomic E-state index is -0.594. The van der Waals surface area contributed by atoms with Crippen LogP contribution in [0.1, 0.15) is 11.3 Å². The first kappa shape index (κ1) is 13.4. The summed E-state index contributed by atoms with van der Waals surface area (Å²) in [4.78, 5) is 21.3. The van der Waals surface area contributed by atoms with E-state index in [1.54, 1.807) is 12.1 Å². The number of fused-ring (bicyclic) bond motifs is 1. The highest BCUT2D eigenvalue weighted by molar-refractivity contribution is 6.33. The second-order valence-corrected chi connectivity index (χ2v) is 4.97. The Balaban J connectivity index is 1.74. The van der Waals surface area contributed by atoms with Crippen molar-refractivity contribution in [2.75, 3.05) is 10.6 Å². The molecule has 0 fully saturated rings. The van der Waals surface area contributed by atoms with Gasteiger partial charge >= 0.3 is 5.88 Å². The molecule has 0 atom stereocenters. The molecule has 0 unspecified atom stereocenters. The van der Waals surface area contributed by atoms with E-state index in [1.807, 2.05) is 0 Å². The molecule has 2 aromatic rings. The zero-order valence-corrected chi connectivity index (χ0v) is 11.4. The zero-order valence-electron chi connectivity index (χ0n) is 10.7.